The maximum Gasteiger partial charge on any atom is 0.356 e. The van der Waals surface area contributed by atoms with E-state index in [0.717, 1.165) is 0 Å². The summed E-state index contributed by atoms with van der Waals surface area (Å²) in [4.78, 5) is 11.1. The molecule has 0 unspecified atom stereocenters. The molecule has 0 bridgehead atoms. The highest BCUT2D eigenvalue weighted by Crippen LogP contribution is 2.24. The summed E-state index contributed by atoms with van der Waals surface area (Å²) in [5, 5.41) is 13.0. The van der Waals surface area contributed by atoms with Gasteiger partial charge in [0, 0.05) is 6.07 Å². The fourth-order valence-corrected chi connectivity index (χ4v) is 1.86. The molecule has 0 aliphatic rings. The average Bonchev–Trinajstić information content (AvgIpc) is 3.08. The number of halogens is 1. The molecule has 0 saturated heterocycles. The van der Waals surface area contributed by atoms with Crippen LogP contribution in [-0.2, 0) is 0 Å². The molecule has 6 heteroatoms. The van der Waals surface area contributed by atoms with E-state index < -0.39 is 5.97 Å². The van der Waals surface area contributed by atoms with E-state index in [1.54, 1.807) is 12.1 Å². The van der Waals surface area contributed by atoms with Crippen LogP contribution in [0.2, 0.25) is 0 Å². The molecule has 3 rings (SSSR count). The summed E-state index contributed by atoms with van der Waals surface area (Å²) >= 11 is 0. The molecule has 0 fully saturated rings. The molecule has 0 saturated carbocycles. The number of carboxylic acid groups (broad SMARTS) is 1. The average molecular weight is 272 g/mol. The van der Waals surface area contributed by atoms with Crippen LogP contribution in [-0.4, -0.2) is 20.9 Å². The van der Waals surface area contributed by atoms with Crippen LogP contribution < -0.4 is 0 Å². The first-order chi connectivity index (χ1) is 9.65. The van der Waals surface area contributed by atoms with Gasteiger partial charge in [-0.1, -0.05) is 0 Å². The first-order valence-electron chi connectivity index (χ1n) is 5.78. The molecule has 0 amide bonds. The van der Waals surface area contributed by atoms with Gasteiger partial charge in [-0.2, -0.15) is 5.10 Å². The van der Waals surface area contributed by atoms with Crippen molar-refractivity contribution in [2.45, 2.75) is 0 Å². The highest BCUT2D eigenvalue weighted by Gasteiger charge is 2.17. The molecular formula is C14H9FN2O3. The zero-order valence-electron chi connectivity index (χ0n) is 10.2. The number of furan rings is 1. The number of aromatic nitrogens is 2. The zero-order valence-corrected chi connectivity index (χ0v) is 10.2. The summed E-state index contributed by atoms with van der Waals surface area (Å²) in [6.45, 7) is 0. The van der Waals surface area contributed by atoms with Gasteiger partial charge in [-0.05, 0) is 36.4 Å². The first-order valence-corrected chi connectivity index (χ1v) is 5.78. The Morgan fingerprint density at radius 2 is 2.00 bits per heavy atom. The molecule has 5 nitrogen and oxygen atoms in total. The molecule has 2 heterocycles. The van der Waals surface area contributed by atoms with Crippen molar-refractivity contribution in [1.82, 2.24) is 9.78 Å². The molecule has 0 spiro atoms. The van der Waals surface area contributed by atoms with Gasteiger partial charge < -0.3 is 9.52 Å². The number of hydrogen-bond donors (Lipinski definition) is 1. The van der Waals surface area contributed by atoms with E-state index in [4.69, 9.17) is 9.52 Å². The molecule has 3 aromatic rings. The normalized spacial score (nSPS) is 10.7. The minimum Gasteiger partial charge on any atom is -0.476 e. The van der Waals surface area contributed by atoms with Crippen molar-refractivity contribution >= 4 is 5.97 Å². The second-order valence-electron chi connectivity index (χ2n) is 4.09. The third kappa shape index (κ3) is 2.07. The van der Waals surface area contributed by atoms with Crippen molar-refractivity contribution in [3.63, 3.8) is 0 Å². The Labute approximate surface area is 112 Å². The Balaban J connectivity index is 2.18. The third-order valence-corrected chi connectivity index (χ3v) is 2.77. The lowest BCUT2D eigenvalue weighted by atomic mass is 10.2. The smallest absolute Gasteiger partial charge is 0.356 e. The van der Waals surface area contributed by atoms with Gasteiger partial charge in [0.1, 0.15) is 11.5 Å². The monoisotopic (exact) mass is 272 g/mol. The molecule has 2 aromatic heterocycles. The maximum absolute atomic E-state index is 13.0. The third-order valence-electron chi connectivity index (χ3n) is 2.77. The van der Waals surface area contributed by atoms with Crippen molar-refractivity contribution in [3.05, 3.63) is 60.2 Å². The highest BCUT2D eigenvalue weighted by atomic mass is 19.1. The Morgan fingerprint density at radius 1 is 1.25 bits per heavy atom. The van der Waals surface area contributed by atoms with Crippen molar-refractivity contribution < 1.29 is 18.7 Å². The molecule has 20 heavy (non-hydrogen) atoms. The summed E-state index contributed by atoms with van der Waals surface area (Å²) in [5.41, 5.74) is 0.921. The minimum atomic E-state index is -1.14. The Kier molecular flexibility index (Phi) is 2.83. The predicted molar refractivity (Wildman–Crippen MR) is 68.2 cm³/mol. The van der Waals surface area contributed by atoms with Gasteiger partial charge in [-0.25, -0.2) is 13.9 Å². The van der Waals surface area contributed by atoms with Crippen LogP contribution in [0.3, 0.4) is 0 Å². The number of aromatic carboxylic acids is 1. The topological polar surface area (TPSA) is 68.3 Å². The molecular weight excluding hydrogens is 263 g/mol. The van der Waals surface area contributed by atoms with E-state index in [2.05, 4.69) is 5.10 Å². The van der Waals surface area contributed by atoms with Crippen LogP contribution in [0.5, 0.6) is 0 Å². The summed E-state index contributed by atoms with van der Waals surface area (Å²) in [7, 11) is 0. The number of nitrogens with zero attached hydrogens (tertiary/aromatic N) is 2. The second kappa shape index (κ2) is 4.65. The van der Waals surface area contributed by atoms with Gasteiger partial charge in [0.25, 0.3) is 0 Å². The number of benzene rings is 1. The van der Waals surface area contributed by atoms with Crippen molar-refractivity contribution in [2.75, 3.05) is 0 Å². The summed E-state index contributed by atoms with van der Waals surface area (Å²) < 4.78 is 19.6. The van der Waals surface area contributed by atoms with E-state index in [0.29, 0.717) is 17.1 Å². The number of carbonyl (C=O) groups is 1. The number of hydrogen-bond acceptors (Lipinski definition) is 3. The van der Waals surface area contributed by atoms with Crippen LogP contribution in [0.15, 0.2) is 53.1 Å². The van der Waals surface area contributed by atoms with Gasteiger partial charge in [-0.3, -0.25) is 0 Å². The SMILES string of the molecule is O=C(O)c1cc(-c2ccco2)n(-c2ccc(F)cc2)n1. The van der Waals surface area contributed by atoms with E-state index in [9.17, 15) is 9.18 Å². The second-order valence-corrected chi connectivity index (χ2v) is 4.09. The summed E-state index contributed by atoms with van der Waals surface area (Å²) in [5.74, 6) is -1.04. The lowest BCUT2D eigenvalue weighted by molar-refractivity contribution is 0.0690. The predicted octanol–water partition coefficient (Wildman–Crippen LogP) is 2.97. The van der Waals surface area contributed by atoms with Gasteiger partial charge >= 0.3 is 5.97 Å². The van der Waals surface area contributed by atoms with E-state index >= 15 is 0 Å². The number of carboxylic acids is 1. The van der Waals surface area contributed by atoms with Crippen molar-refractivity contribution in [3.8, 4) is 17.1 Å². The van der Waals surface area contributed by atoms with Crippen LogP contribution in [0.1, 0.15) is 10.5 Å². The van der Waals surface area contributed by atoms with E-state index in [-0.39, 0.29) is 11.5 Å². The van der Waals surface area contributed by atoms with Crippen molar-refractivity contribution in [2.24, 2.45) is 0 Å². The zero-order chi connectivity index (χ0) is 14.1. The van der Waals surface area contributed by atoms with Crippen LogP contribution in [0.4, 0.5) is 4.39 Å². The molecule has 0 radical (unpaired) electrons. The van der Waals surface area contributed by atoms with Gasteiger partial charge in [0.2, 0.25) is 0 Å². The maximum atomic E-state index is 13.0. The lowest BCUT2D eigenvalue weighted by Crippen LogP contribution is -2.02. The molecule has 0 aliphatic carbocycles. The van der Waals surface area contributed by atoms with Gasteiger partial charge in [0.15, 0.2) is 11.5 Å². The van der Waals surface area contributed by atoms with E-state index in [1.165, 1.54) is 41.3 Å². The van der Waals surface area contributed by atoms with Gasteiger partial charge in [0.05, 0.1) is 12.0 Å². The Morgan fingerprint density at radius 3 is 2.60 bits per heavy atom. The van der Waals surface area contributed by atoms with Gasteiger partial charge in [-0.15, -0.1) is 0 Å². The van der Waals surface area contributed by atoms with E-state index in [1.807, 2.05) is 0 Å². The summed E-state index contributed by atoms with van der Waals surface area (Å²) in [6, 6.07) is 10.4. The largest absolute Gasteiger partial charge is 0.476 e. The molecule has 0 atom stereocenters. The Hall–Kier alpha value is -2.89. The molecule has 1 N–H and O–H groups in total. The van der Waals surface area contributed by atoms with Crippen molar-refractivity contribution in [1.29, 1.82) is 0 Å². The van der Waals surface area contributed by atoms with Crippen LogP contribution in [0.25, 0.3) is 17.1 Å². The first kappa shape index (κ1) is 12.2. The fourth-order valence-electron chi connectivity index (χ4n) is 1.86. The fraction of sp³-hybridized carbons (Fsp3) is 0. The standard InChI is InChI=1S/C14H9FN2O3/c15-9-3-5-10(6-4-9)17-12(13-2-1-7-20-13)8-11(16-17)14(18)19/h1-8H,(H,18,19). The van der Waals surface area contributed by atoms with Crippen LogP contribution in [0, 0.1) is 5.82 Å². The highest BCUT2D eigenvalue weighted by molar-refractivity contribution is 5.87. The number of rotatable bonds is 3. The molecule has 100 valence electrons. The Bertz CT molecular complexity index is 745. The minimum absolute atomic E-state index is 0.110. The molecule has 1 aromatic carbocycles. The van der Waals surface area contributed by atoms with Crippen LogP contribution >= 0.6 is 0 Å². The lowest BCUT2D eigenvalue weighted by Gasteiger charge is -2.05. The quantitative estimate of drug-likeness (QED) is 0.795. The molecule has 0 aliphatic heterocycles. The summed E-state index contributed by atoms with van der Waals surface area (Å²) in [6.07, 6.45) is 1.48.